The second-order valence-electron chi connectivity index (χ2n) is 4.39. The van der Waals surface area contributed by atoms with Crippen molar-refractivity contribution in [3.63, 3.8) is 0 Å². The van der Waals surface area contributed by atoms with Gasteiger partial charge in [-0.3, -0.25) is 4.79 Å². The maximum atomic E-state index is 12.0. The average molecular weight is 218 g/mol. The first-order valence-electron chi connectivity index (χ1n) is 5.72. The molecular formula is C13H18N2O. The van der Waals surface area contributed by atoms with E-state index in [2.05, 4.69) is 17.2 Å². The lowest BCUT2D eigenvalue weighted by molar-refractivity contribution is -0.132. The minimum absolute atomic E-state index is 0.278. The van der Waals surface area contributed by atoms with Crippen LogP contribution in [0.5, 0.6) is 0 Å². The van der Waals surface area contributed by atoms with Gasteiger partial charge >= 0.3 is 0 Å². The molecule has 3 nitrogen and oxygen atoms in total. The quantitative estimate of drug-likeness (QED) is 0.693. The van der Waals surface area contributed by atoms with E-state index in [4.69, 9.17) is 0 Å². The third-order valence-electron chi connectivity index (χ3n) is 2.99. The molecule has 0 aromatic carbocycles. The smallest absolute Gasteiger partial charge is 0.226 e. The van der Waals surface area contributed by atoms with Crippen LogP contribution < -0.4 is 0 Å². The first kappa shape index (κ1) is 11.0. The number of hydrogen-bond acceptors (Lipinski definition) is 1. The number of carbonyl (C=O) groups is 1. The van der Waals surface area contributed by atoms with Gasteiger partial charge < -0.3 is 9.47 Å². The molecule has 1 aromatic heterocycles. The molecule has 86 valence electrons. The summed E-state index contributed by atoms with van der Waals surface area (Å²) >= 11 is 0. The summed E-state index contributed by atoms with van der Waals surface area (Å²) in [5.41, 5.74) is 1.16. The van der Waals surface area contributed by atoms with Crippen molar-refractivity contribution >= 4 is 5.91 Å². The Labute approximate surface area is 96.4 Å². The summed E-state index contributed by atoms with van der Waals surface area (Å²) in [4.78, 5) is 13.9. The van der Waals surface area contributed by atoms with Crippen molar-refractivity contribution in [2.75, 3.05) is 6.54 Å². The number of carbonyl (C=O) groups excluding carboxylic acids is 1. The lowest BCUT2D eigenvalue weighted by atomic mass is 10.3. The van der Waals surface area contributed by atoms with Gasteiger partial charge in [-0.25, -0.2) is 0 Å². The normalized spacial score (nSPS) is 14.8. The highest BCUT2D eigenvalue weighted by molar-refractivity contribution is 5.81. The van der Waals surface area contributed by atoms with Gasteiger partial charge in [-0.15, -0.1) is 6.58 Å². The Morgan fingerprint density at radius 1 is 1.69 bits per heavy atom. The molecule has 0 unspecified atom stereocenters. The minimum atomic E-state index is 0.278. The predicted octanol–water partition coefficient (Wildman–Crippen LogP) is 1.95. The Bertz CT molecular complexity index is 390. The van der Waals surface area contributed by atoms with E-state index in [1.807, 2.05) is 24.2 Å². The van der Waals surface area contributed by atoms with Crippen LogP contribution in [0.4, 0.5) is 0 Å². The lowest BCUT2D eigenvalue weighted by Gasteiger charge is -2.21. The summed E-state index contributed by atoms with van der Waals surface area (Å²) < 4.78 is 2.05. The second kappa shape index (κ2) is 4.56. The van der Waals surface area contributed by atoms with Gasteiger partial charge in [0.05, 0.1) is 6.54 Å². The molecule has 1 heterocycles. The van der Waals surface area contributed by atoms with Gasteiger partial charge in [-0.1, -0.05) is 6.08 Å². The molecule has 16 heavy (non-hydrogen) atoms. The number of rotatable bonds is 5. The topological polar surface area (TPSA) is 25.2 Å². The van der Waals surface area contributed by atoms with Crippen molar-refractivity contribution in [3.8, 4) is 0 Å². The predicted molar refractivity (Wildman–Crippen MR) is 63.8 cm³/mol. The van der Waals surface area contributed by atoms with Crippen LogP contribution in [-0.2, 0) is 18.4 Å². The van der Waals surface area contributed by atoms with E-state index in [9.17, 15) is 4.79 Å². The highest BCUT2D eigenvalue weighted by Crippen LogP contribution is 2.31. The van der Waals surface area contributed by atoms with Crippen molar-refractivity contribution < 1.29 is 4.79 Å². The minimum Gasteiger partial charge on any atom is -0.353 e. The highest BCUT2D eigenvalue weighted by atomic mass is 16.2. The number of nitrogens with zero attached hydrogens (tertiary/aromatic N) is 2. The molecule has 1 aromatic rings. The SMILES string of the molecule is C=CCN(Cc1cccn1C)C(=O)C1CC1. The fraction of sp³-hybridized carbons (Fsp3) is 0.462. The van der Waals surface area contributed by atoms with E-state index in [0.29, 0.717) is 13.1 Å². The molecule has 2 rings (SSSR count). The molecule has 1 aliphatic carbocycles. The van der Waals surface area contributed by atoms with Crippen molar-refractivity contribution in [2.45, 2.75) is 19.4 Å². The number of aromatic nitrogens is 1. The first-order valence-corrected chi connectivity index (χ1v) is 5.72. The van der Waals surface area contributed by atoms with Crippen molar-refractivity contribution in [1.82, 2.24) is 9.47 Å². The molecule has 1 fully saturated rings. The molecule has 0 saturated heterocycles. The van der Waals surface area contributed by atoms with Crippen LogP contribution in [0.2, 0.25) is 0 Å². The molecular weight excluding hydrogens is 200 g/mol. The third kappa shape index (κ3) is 2.35. The van der Waals surface area contributed by atoms with Crippen LogP contribution >= 0.6 is 0 Å². The van der Waals surface area contributed by atoms with E-state index in [1.165, 1.54) is 0 Å². The van der Waals surface area contributed by atoms with Crippen LogP contribution in [-0.4, -0.2) is 21.9 Å². The van der Waals surface area contributed by atoms with E-state index in [1.54, 1.807) is 6.08 Å². The molecule has 1 amide bonds. The van der Waals surface area contributed by atoms with Crippen LogP contribution in [0.25, 0.3) is 0 Å². The molecule has 0 aliphatic heterocycles. The molecule has 1 saturated carbocycles. The Hall–Kier alpha value is -1.51. The Morgan fingerprint density at radius 2 is 2.44 bits per heavy atom. The first-order chi connectivity index (χ1) is 7.72. The Kier molecular flexibility index (Phi) is 3.13. The monoisotopic (exact) mass is 218 g/mol. The van der Waals surface area contributed by atoms with Crippen LogP contribution in [0.1, 0.15) is 18.5 Å². The van der Waals surface area contributed by atoms with Crippen molar-refractivity contribution in [3.05, 3.63) is 36.7 Å². The summed E-state index contributed by atoms with van der Waals surface area (Å²) in [5.74, 6) is 0.557. The molecule has 0 spiro atoms. The van der Waals surface area contributed by atoms with Crippen LogP contribution in [0, 0.1) is 5.92 Å². The summed E-state index contributed by atoms with van der Waals surface area (Å²) in [7, 11) is 2.00. The number of amides is 1. The summed E-state index contributed by atoms with van der Waals surface area (Å²) in [6.07, 6.45) is 5.91. The summed E-state index contributed by atoms with van der Waals surface area (Å²) in [6, 6.07) is 4.05. The highest BCUT2D eigenvalue weighted by Gasteiger charge is 2.33. The molecule has 1 aliphatic rings. The van der Waals surface area contributed by atoms with E-state index >= 15 is 0 Å². The largest absolute Gasteiger partial charge is 0.353 e. The molecule has 3 heteroatoms. The lowest BCUT2D eigenvalue weighted by Crippen LogP contribution is -2.32. The zero-order valence-corrected chi connectivity index (χ0v) is 9.72. The third-order valence-corrected chi connectivity index (χ3v) is 2.99. The molecule has 0 radical (unpaired) electrons. The van der Waals surface area contributed by atoms with E-state index in [-0.39, 0.29) is 11.8 Å². The van der Waals surface area contributed by atoms with E-state index in [0.717, 1.165) is 18.5 Å². The Balaban J connectivity index is 2.04. The average Bonchev–Trinajstić information content (AvgIpc) is 3.03. The van der Waals surface area contributed by atoms with Gasteiger partial charge in [-0.05, 0) is 25.0 Å². The van der Waals surface area contributed by atoms with Gasteiger partial charge in [-0.2, -0.15) is 0 Å². The second-order valence-corrected chi connectivity index (χ2v) is 4.39. The van der Waals surface area contributed by atoms with Crippen molar-refractivity contribution in [1.29, 1.82) is 0 Å². The fourth-order valence-corrected chi connectivity index (χ4v) is 1.83. The molecule has 0 N–H and O–H groups in total. The van der Waals surface area contributed by atoms with Gasteiger partial charge in [0, 0.05) is 31.4 Å². The number of aryl methyl sites for hydroxylation is 1. The fourth-order valence-electron chi connectivity index (χ4n) is 1.83. The zero-order valence-electron chi connectivity index (χ0n) is 9.72. The van der Waals surface area contributed by atoms with Gasteiger partial charge in [0.2, 0.25) is 5.91 Å². The summed E-state index contributed by atoms with van der Waals surface area (Å²) in [5, 5.41) is 0. The van der Waals surface area contributed by atoms with Crippen molar-refractivity contribution in [2.24, 2.45) is 13.0 Å². The van der Waals surface area contributed by atoms with Gasteiger partial charge in [0.1, 0.15) is 0 Å². The van der Waals surface area contributed by atoms with E-state index < -0.39 is 0 Å². The van der Waals surface area contributed by atoms with Gasteiger partial charge in [0.25, 0.3) is 0 Å². The molecule has 0 bridgehead atoms. The van der Waals surface area contributed by atoms with Crippen LogP contribution in [0.15, 0.2) is 31.0 Å². The number of hydrogen-bond donors (Lipinski definition) is 0. The Morgan fingerprint density at radius 3 is 2.94 bits per heavy atom. The zero-order chi connectivity index (χ0) is 11.5. The van der Waals surface area contributed by atoms with Gasteiger partial charge in [0.15, 0.2) is 0 Å². The summed E-state index contributed by atoms with van der Waals surface area (Å²) in [6.45, 7) is 5.04. The van der Waals surface area contributed by atoms with Crippen LogP contribution in [0.3, 0.4) is 0 Å². The standard InChI is InChI=1S/C13H18N2O/c1-3-8-15(13(16)11-6-7-11)10-12-5-4-9-14(12)2/h3-5,9,11H,1,6-8,10H2,2H3. The maximum Gasteiger partial charge on any atom is 0.226 e. The molecule has 0 atom stereocenters. The maximum absolute atomic E-state index is 12.0.